The molecule has 0 unspecified atom stereocenters. The normalized spacial score (nSPS) is 10.0. The molecule has 3 N–H and O–H groups in total. The van der Waals surface area contributed by atoms with Gasteiger partial charge in [-0.05, 0) is 36.5 Å². The monoisotopic (exact) mass is 398 g/mol. The highest BCUT2D eigenvalue weighted by Gasteiger charge is 2.16. The van der Waals surface area contributed by atoms with E-state index >= 15 is 0 Å². The van der Waals surface area contributed by atoms with E-state index in [4.69, 9.17) is 45.3 Å². The van der Waals surface area contributed by atoms with Crippen molar-refractivity contribution in [2.45, 2.75) is 0 Å². The molecule has 0 fully saturated rings. The summed E-state index contributed by atoms with van der Waals surface area (Å²) < 4.78 is 5.12. The summed E-state index contributed by atoms with van der Waals surface area (Å²) in [4.78, 5) is 23.4. The Kier molecular flexibility index (Phi) is 6.19. The first-order valence-electron chi connectivity index (χ1n) is 6.81. The Hall–Kier alpha value is -2.35. The molecule has 0 saturated heterocycles. The van der Waals surface area contributed by atoms with Crippen molar-refractivity contribution < 1.29 is 19.4 Å². The Morgan fingerprint density at radius 1 is 1.12 bits per heavy atom. The molecule has 1 amide bonds. The smallest absolute Gasteiger partial charge is 0.337 e. The van der Waals surface area contributed by atoms with Crippen LogP contribution >= 0.6 is 35.4 Å². The van der Waals surface area contributed by atoms with Gasteiger partial charge in [0, 0.05) is 0 Å². The molecule has 0 aromatic heterocycles. The van der Waals surface area contributed by atoms with Gasteiger partial charge in [-0.25, -0.2) is 4.79 Å². The van der Waals surface area contributed by atoms with Gasteiger partial charge in [0.2, 0.25) is 0 Å². The van der Waals surface area contributed by atoms with Gasteiger partial charge in [0.1, 0.15) is 5.75 Å². The molecule has 2 aromatic carbocycles. The molecule has 2 rings (SSSR count). The molecule has 0 spiro atoms. The molecule has 9 heteroatoms. The van der Waals surface area contributed by atoms with Crippen LogP contribution in [0.1, 0.15) is 20.7 Å². The lowest BCUT2D eigenvalue weighted by molar-refractivity contribution is 0.0697. The second-order valence-corrected chi connectivity index (χ2v) is 5.95. The SMILES string of the molecule is COc1ccccc1C(=O)NC(=S)Nc1cc(C(=O)O)c(Cl)cc1Cl. The van der Waals surface area contributed by atoms with Gasteiger partial charge in [-0.3, -0.25) is 10.1 Å². The maximum Gasteiger partial charge on any atom is 0.337 e. The summed E-state index contributed by atoms with van der Waals surface area (Å²) in [5, 5.41) is 14.3. The highest BCUT2D eigenvalue weighted by molar-refractivity contribution is 7.80. The number of para-hydroxylation sites is 1. The summed E-state index contributed by atoms with van der Waals surface area (Å²) >= 11 is 16.9. The maximum atomic E-state index is 12.3. The number of hydrogen-bond donors (Lipinski definition) is 3. The van der Waals surface area contributed by atoms with E-state index in [9.17, 15) is 9.59 Å². The molecule has 0 radical (unpaired) electrons. The molecule has 0 aliphatic heterocycles. The summed E-state index contributed by atoms with van der Waals surface area (Å²) in [5.74, 6) is -1.31. The van der Waals surface area contributed by atoms with Crippen LogP contribution in [0.15, 0.2) is 36.4 Å². The number of benzene rings is 2. The van der Waals surface area contributed by atoms with E-state index in [1.54, 1.807) is 24.3 Å². The quantitative estimate of drug-likeness (QED) is 0.678. The minimum atomic E-state index is -1.21. The number of nitrogens with one attached hydrogen (secondary N) is 2. The second-order valence-electron chi connectivity index (χ2n) is 4.73. The van der Waals surface area contributed by atoms with Crippen LogP contribution in [0.25, 0.3) is 0 Å². The Morgan fingerprint density at radius 3 is 2.44 bits per heavy atom. The van der Waals surface area contributed by atoms with Gasteiger partial charge in [-0.2, -0.15) is 0 Å². The molecule has 0 aliphatic carbocycles. The van der Waals surface area contributed by atoms with Crippen LogP contribution in [0.4, 0.5) is 5.69 Å². The van der Waals surface area contributed by atoms with Crippen molar-refractivity contribution in [3.63, 3.8) is 0 Å². The van der Waals surface area contributed by atoms with Gasteiger partial charge in [-0.1, -0.05) is 35.3 Å². The molecule has 0 bridgehead atoms. The van der Waals surface area contributed by atoms with Crippen molar-refractivity contribution in [3.05, 3.63) is 57.6 Å². The Bertz CT molecular complexity index is 858. The van der Waals surface area contributed by atoms with Gasteiger partial charge in [0.15, 0.2) is 5.11 Å². The van der Waals surface area contributed by atoms with E-state index in [0.29, 0.717) is 11.3 Å². The van der Waals surface area contributed by atoms with E-state index in [2.05, 4.69) is 10.6 Å². The lowest BCUT2D eigenvalue weighted by Gasteiger charge is -2.13. The standard InChI is InChI=1S/C16H12Cl2N2O4S/c1-24-13-5-3-2-4-8(13)14(21)20-16(25)19-12-6-9(15(22)23)10(17)7-11(12)18/h2-7H,1H3,(H,22,23)(H2,19,20,21,25). The number of carboxylic acids is 1. The van der Waals surface area contributed by atoms with Crippen molar-refractivity contribution in [1.29, 1.82) is 0 Å². The molecular formula is C16H12Cl2N2O4S. The number of halogens is 2. The number of thiocarbonyl (C=S) groups is 1. The predicted molar refractivity (Wildman–Crippen MR) is 100 cm³/mol. The molecule has 0 aliphatic rings. The van der Waals surface area contributed by atoms with E-state index in [1.165, 1.54) is 19.2 Å². The molecule has 6 nitrogen and oxygen atoms in total. The summed E-state index contributed by atoms with van der Waals surface area (Å²) in [7, 11) is 1.45. The topological polar surface area (TPSA) is 87.7 Å². The molecule has 0 saturated carbocycles. The molecule has 2 aromatic rings. The molecule has 0 atom stereocenters. The lowest BCUT2D eigenvalue weighted by atomic mass is 10.2. The van der Waals surface area contributed by atoms with E-state index in [-0.39, 0.29) is 26.4 Å². The van der Waals surface area contributed by atoms with Crippen LogP contribution in [0.2, 0.25) is 10.0 Å². The molecule has 0 heterocycles. The third-order valence-corrected chi connectivity index (χ3v) is 3.94. The van der Waals surface area contributed by atoms with Crippen LogP contribution in [0, 0.1) is 0 Å². The lowest BCUT2D eigenvalue weighted by Crippen LogP contribution is -2.34. The summed E-state index contributed by atoms with van der Waals surface area (Å²) in [6.45, 7) is 0. The van der Waals surface area contributed by atoms with Crippen molar-refractivity contribution in [2.24, 2.45) is 0 Å². The zero-order valence-electron chi connectivity index (χ0n) is 12.8. The van der Waals surface area contributed by atoms with Crippen LogP contribution in [0.5, 0.6) is 5.75 Å². The average molecular weight is 399 g/mol. The molecular weight excluding hydrogens is 387 g/mol. The number of ether oxygens (including phenoxy) is 1. The van der Waals surface area contributed by atoms with Crippen molar-refractivity contribution in [3.8, 4) is 5.75 Å². The zero-order chi connectivity index (χ0) is 18.6. The number of methoxy groups -OCH3 is 1. The Labute approximate surface area is 158 Å². The number of carbonyl (C=O) groups is 2. The number of amides is 1. The zero-order valence-corrected chi connectivity index (χ0v) is 15.1. The molecule has 25 heavy (non-hydrogen) atoms. The van der Waals surface area contributed by atoms with Gasteiger partial charge in [0.05, 0.1) is 34.0 Å². The van der Waals surface area contributed by atoms with Crippen molar-refractivity contribution in [1.82, 2.24) is 5.32 Å². The fraction of sp³-hybridized carbons (Fsp3) is 0.0625. The summed E-state index contributed by atoms with van der Waals surface area (Å²) in [6, 6.07) is 9.14. The fourth-order valence-electron chi connectivity index (χ4n) is 1.96. The Balaban J connectivity index is 2.16. The highest BCUT2D eigenvalue weighted by atomic mass is 35.5. The largest absolute Gasteiger partial charge is 0.496 e. The van der Waals surface area contributed by atoms with Crippen LogP contribution < -0.4 is 15.4 Å². The van der Waals surface area contributed by atoms with Crippen LogP contribution in [-0.4, -0.2) is 29.2 Å². The van der Waals surface area contributed by atoms with E-state index < -0.39 is 11.9 Å². The first kappa shape index (κ1) is 19.0. The minimum Gasteiger partial charge on any atom is -0.496 e. The average Bonchev–Trinajstić information content (AvgIpc) is 2.56. The van der Waals surface area contributed by atoms with Crippen molar-refractivity contribution in [2.75, 3.05) is 12.4 Å². The van der Waals surface area contributed by atoms with Crippen LogP contribution in [-0.2, 0) is 0 Å². The number of rotatable bonds is 4. The van der Waals surface area contributed by atoms with Gasteiger partial charge in [0.25, 0.3) is 5.91 Å². The van der Waals surface area contributed by atoms with Crippen molar-refractivity contribution >= 4 is 58.1 Å². The summed E-state index contributed by atoms with van der Waals surface area (Å²) in [5.41, 5.74) is 0.351. The predicted octanol–water partition coefficient (Wildman–Crippen LogP) is 3.83. The number of anilines is 1. The van der Waals surface area contributed by atoms with E-state index in [1.807, 2.05) is 0 Å². The van der Waals surface area contributed by atoms with Gasteiger partial charge >= 0.3 is 5.97 Å². The number of aromatic carboxylic acids is 1. The first-order valence-corrected chi connectivity index (χ1v) is 7.97. The van der Waals surface area contributed by atoms with E-state index in [0.717, 1.165) is 0 Å². The Morgan fingerprint density at radius 2 is 1.80 bits per heavy atom. The van der Waals surface area contributed by atoms with Gasteiger partial charge in [-0.15, -0.1) is 0 Å². The number of hydrogen-bond acceptors (Lipinski definition) is 4. The highest BCUT2D eigenvalue weighted by Crippen LogP contribution is 2.29. The maximum absolute atomic E-state index is 12.3. The number of carboxylic acid groups (broad SMARTS) is 1. The fourth-order valence-corrected chi connectivity index (χ4v) is 2.68. The first-order chi connectivity index (χ1) is 11.8. The molecule has 130 valence electrons. The number of carbonyl (C=O) groups excluding carboxylic acids is 1. The third kappa shape index (κ3) is 4.60. The minimum absolute atomic E-state index is 0.00738. The summed E-state index contributed by atoms with van der Waals surface area (Å²) in [6.07, 6.45) is 0. The third-order valence-electron chi connectivity index (χ3n) is 3.11. The van der Waals surface area contributed by atoms with Crippen LogP contribution in [0.3, 0.4) is 0 Å². The second kappa shape index (κ2) is 8.15. The van der Waals surface area contributed by atoms with Gasteiger partial charge < -0.3 is 15.2 Å².